The number of esters is 1. The zero-order valence-corrected chi connectivity index (χ0v) is 17.4. The fraction of sp³-hybridized carbons (Fsp3) is 0.444. The van der Waals surface area contributed by atoms with Crippen LogP contribution in [0.1, 0.15) is 38.1 Å². The fourth-order valence-corrected chi connectivity index (χ4v) is 4.06. The number of halogens is 1. The molecule has 9 heteroatoms. The van der Waals surface area contributed by atoms with Gasteiger partial charge in [-0.15, -0.1) is 6.58 Å². The van der Waals surface area contributed by atoms with Gasteiger partial charge in [0, 0.05) is 18.6 Å². The van der Waals surface area contributed by atoms with Crippen LogP contribution in [0.5, 0.6) is 0 Å². The van der Waals surface area contributed by atoms with Crippen LogP contribution in [0.2, 0.25) is 5.02 Å². The van der Waals surface area contributed by atoms with Crippen LogP contribution in [0.15, 0.2) is 35.7 Å². The molecule has 0 spiro atoms. The number of benzene rings is 1. The van der Waals surface area contributed by atoms with Crippen molar-refractivity contribution in [2.75, 3.05) is 13.2 Å². The molecule has 0 unspecified atom stereocenters. The second kappa shape index (κ2) is 9.87. The molecule has 27 heavy (non-hydrogen) atoms. The van der Waals surface area contributed by atoms with Gasteiger partial charge in [0.1, 0.15) is 4.90 Å². The highest BCUT2D eigenvalue weighted by Gasteiger charge is 2.23. The van der Waals surface area contributed by atoms with Crippen molar-refractivity contribution in [2.45, 2.75) is 44.7 Å². The number of amides is 1. The second-order valence-corrected chi connectivity index (χ2v) is 8.49. The minimum absolute atomic E-state index is 0.0159. The summed E-state index contributed by atoms with van der Waals surface area (Å²) in [6, 6.07) is 3.66. The summed E-state index contributed by atoms with van der Waals surface area (Å²) in [5, 5.41) is -0.0371. The highest BCUT2D eigenvalue weighted by atomic mass is 35.5. The number of hydrogen-bond acceptors (Lipinski definition) is 5. The Morgan fingerprint density at radius 2 is 1.85 bits per heavy atom. The van der Waals surface area contributed by atoms with Crippen molar-refractivity contribution >= 4 is 33.5 Å². The second-order valence-electron chi connectivity index (χ2n) is 6.35. The van der Waals surface area contributed by atoms with Crippen LogP contribution in [0, 0.1) is 0 Å². The normalized spacial score (nSPS) is 11.5. The highest BCUT2D eigenvalue weighted by molar-refractivity contribution is 7.89. The summed E-state index contributed by atoms with van der Waals surface area (Å²) >= 11 is 5.95. The largest absolute Gasteiger partial charge is 0.452 e. The Morgan fingerprint density at radius 1 is 1.26 bits per heavy atom. The summed E-state index contributed by atoms with van der Waals surface area (Å²) in [5.74, 6) is -1.14. The molecule has 7 nitrogen and oxygen atoms in total. The van der Waals surface area contributed by atoms with E-state index in [4.69, 9.17) is 16.3 Å². The molecule has 0 fully saturated rings. The van der Waals surface area contributed by atoms with Crippen molar-refractivity contribution in [3.05, 3.63) is 41.4 Å². The van der Waals surface area contributed by atoms with E-state index in [-0.39, 0.29) is 40.0 Å². The monoisotopic (exact) mass is 416 g/mol. The Balaban J connectivity index is 2.95. The third-order valence-corrected chi connectivity index (χ3v) is 5.51. The summed E-state index contributed by atoms with van der Waals surface area (Å²) in [6.45, 7) is 10.5. The molecule has 1 aromatic carbocycles. The van der Waals surface area contributed by atoms with E-state index in [0.29, 0.717) is 0 Å². The van der Waals surface area contributed by atoms with Crippen LogP contribution in [-0.4, -0.2) is 50.4 Å². The van der Waals surface area contributed by atoms with Gasteiger partial charge in [0.05, 0.1) is 10.6 Å². The Morgan fingerprint density at radius 3 is 2.37 bits per heavy atom. The number of carbonyl (C=O) groups excluding carboxylic acids is 2. The molecule has 0 saturated heterocycles. The number of sulfonamides is 1. The van der Waals surface area contributed by atoms with Crippen LogP contribution < -0.4 is 4.72 Å². The molecule has 0 heterocycles. The Bertz CT molecular complexity index is 798. The van der Waals surface area contributed by atoms with Crippen molar-refractivity contribution in [1.29, 1.82) is 0 Å². The number of nitrogens with zero attached hydrogens (tertiary/aromatic N) is 1. The first kappa shape index (κ1) is 23.1. The maximum atomic E-state index is 12.3. The van der Waals surface area contributed by atoms with Crippen molar-refractivity contribution in [1.82, 2.24) is 9.62 Å². The molecule has 1 amide bonds. The van der Waals surface area contributed by atoms with E-state index in [2.05, 4.69) is 11.3 Å². The predicted molar refractivity (Wildman–Crippen MR) is 104 cm³/mol. The molecular formula is C18H25ClN2O5S. The number of ether oxygens (including phenoxy) is 1. The summed E-state index contributed by atoms with van der Waals surface area (Å²) in [5.41, 5.74) is -0.0215. The Labute approximate surface area is 165 Å². The van der Waals surface area contributed by atoms with Gasteiger partial charge in [0.15, 0.2) is 6.61 Å². The van der Waals surface area contributed by atoms with Gasteiger partial charge in [0.25, 0.3) is 5.91 Å². The van der Waals surface area contributed by atoms with E-state index in [1.807, 2.05) is 27.7 Å². The van der Waals surface area contributed by atoms with Gasteiger partial charge in [-0.3, -0.25) is 4.79 Å². The average molecular weight is 417 g/mol. The molecule has 1 N–H and O–H groups in total. The average Bonchev–Trinajstić information content (AvgIpc) is 2.57. The Hall–Kier alpha value is -1.90. The quantitative estimate of drug-likeness (QED) is 0.493. The zero-order valence-electron chi connectivity index (χ0n) is 15.9. The van der Waals surface area contributed by atoms with E-state index < -0.39 is 22.6 Å². The van der Waals surface area contributed by atoms with E-state index in [0.717, 1.165) is 6.07 Å². The first-order chi connectivity index (χ1) is 12.5. The van der Waals surface area contributed by atoms with Crippen molar-refractivity contribution in [2.24, 2.45) is 0 Å². The number of carbonyl (C=O) groups is 2. The van der Waals surface area contributed by atoms with Gasteiger partial charge in [-0.25, -0.2) is 17.9 Å². The molecule has 0 bridgehead atoms. The number of rotatable bonds is 9. The maximum absolute atomic E-state index is 12.3. The minimum Gasteiger partial charge on any atom is -0.452 e. The molecule has 0 aromatic heterocycles. The topological polar surface area (TPSA) is 92.8 Å². The van der Waals surface area contributed by atoms with Gasteiger partial charge in [-0.2, -0.15) is 0 Å². The minimum atomic E-state index is -3.91. The molecule has 0 saturated carbocycles. The molecule has 1 aromatic rings. The van der Waals surface area contributed by atoms with Crippen LogP contribution in [0.25, 0.3) is 0 Å². The van der Waals surface area contributed by atoms with E-state index in [1.54, 1.807) is 4.90 Å². The van der Waals surface area contributed by atoms with Crippen molar-refractivity contribution in [3.63, 3.8) is 0 Å². The SMILES string of the molecule is C=CCNS(=O)(=O)c1cc(C(=O)OCC(=O)N(C(C)C)C(C)C)ccc1Cl. The summed E-state index contributed by atoms with van der Waals surface area (Å²) < 4.78 is 31.8. The van der Waals surface area contributed by atoms with Crippen LogP contribution >= 0.6 is 11.6 Å². The summed E-state index contributed by atoms with van der Waals surface area (Å²) in [4.78, 5) is 25.9. The van der Waals surface area contributed by atoms with E-state index >= 15 is 0 Å². The van der Waals surface area contributed by atoms with Crippen LogP contribution in [0.4, 0.5) is 0 Å². The molecule has 0 radical (unpaired) electrons. The maximum Gasteiger partial charge on any atom is 0.338 e. The molecule has 0 atom stereocenters. The molecular weight excluding hydrogens is 392 g/mol. The Kier molecular flexibility index (Phi) is 8.46. The summed E-state index contributed by atoms with van der Waals surface area (Å²) in [6.07, 6.45) is 1.38. The summed E-state index contributed by atoms with van der Waals surface area (Å²) in [7, 11) is -3.91. The van der Waals surface area contributed by atoms with E-state index in [9.17, 15) is 18.0 Å². The van der Waals surface area contributed by atoms with Crippen molar-refractivity contribution in [3.8, 4) is 0 Å². The fourth-order valence-electron chi connectivity index (χ4n) is 2.54. The highest BCUT2D eigenvalue weighted by Crippen LogP contribution is 2.23. The number of nitrogens with one attached hydrogen (secondary N) is 1. The van der Waals surface area contributed by atoms with Gasteiger partial charge in [-0.1, -0.05) is 17.7 Å². The first-order valence-electron chi connectivity index (χ1n) is 8.39. The zero-order chi connectivity index (χ0) is 20.8. The third kappa shape index (κ3) is 6.34. The lowest BCUT2D eigenvalue weighted by Crippen LogP contribution is -2.44. The number of hydrogen-bond donors (Lipinski definition) is 1. The molecule has 150 valence electrons. The van der Waals surface area contributed by atoms with Gasteiger partial charge >= 0.3 is 5.97 Å². The van der Waals surface area contributed by atoms with Crippen LogP contribution in [-0.2, 0) is 19.6 Å². The van der Waals surface area contributed by atoms with E-state index in [1.165, 1.54) is 18.2 Å². The van der Waals surface area contributed by atoms with Crippen LogP contribution in [0.3, 0.4) is 0 Å². The van der Waals surface area contributed by atoms with Gasteiger partial charge in [0.2, 0.25) is 10.0 Å². The lowest BCUT2D eigenvalue weighted by atomic mass is 10.2. The molecule has 0 aliphatic heterocycles. The van der Waals surface area contributed by atoms with Gasteiger partial charge < -0.3 is 9.64 Å². The standard InChI is InChI=1S/C18H25ClN2O5S/c1-6-9-20-27(24,25)16-10-14(7-8-15(16)19)18(23)26-11-17(22)21(12(2)3)13(4)5/h6-8,10,12-13,20H,1,9,11H2,2-5H3. The third-order valence-electron chi connectivity index (χ3n) is 3.60. The lowest BCUT2D eigenvalue weighted by Gasteiger charge is -2.30. The van der Waals surface area contributed by atoms with Crippen molar-refractivity contribution < 1.29 is 22.7 Å². The lowest BCUT2D eigenvalue weighted by molar-refractivity contribution is -0.138. The molecule has 0 aliphatic carbocycles. The van der Waals surface area contributed by atoms with Gasteiger partial charge in [-0.05, 0) is 45.9 Å². The smallest absolute Gasteiger partial charge is 0.338 e. The molecule has 1 rings (SSSR count). The first-order valence-corrected chi connectivity index (χ1v) is 10.3. The predicted octanol–water partition coefficient (Wildman–Crippen LogP) is 2.61. The molecule has 0 aliphatic rings.